The maximum atomic E-state index is 13.0. The second-order valence-corrected chi connectivity index (χ2v) is 8.89. The number of aryl methyl sites for hydroxylation is 1. The number of fused-ring (bicyclic) bond motifs is 2. The number of rotatable bonds is 6. The molecule has 0 aromatic carbocycles. The van der Waals surface area contributed by atoms with Gasteiger partial charge in [0, 0.05) is 24.4 Å². The number of carbonyl (C=O) groups is 2. The van der Waals surface area contributed by atoms with Crippen molar-refractivity contribution in [2.45, 2.75) is 52.1 Å². The van der Waals surface area contributed by atoms with Crippen LogP contribution >= 0.6 is 0 Å². The summed E-state index contributed by atoms with van der Waals surface area (Å²) in [5, 5.41) is 5.65. The van der Waals surface area contributed by atoms with Gasteiger partial charge in [-0.15, -0.1) is 0 Å². The van der Waals surface area contributed by atoms with E-state index in [1.165, 1.54) is 23.8 Å². The van der Waals surface area contributed by atoms with Gasteiger partial charge < -0.3 is 20.2 Å². The number of pyridine rings is 2. The Kier molecular flexibility index (Phi) is 5.24. The number of hydrogen-bond donors (Lipinski definition) is 3. The highest BCUT2D eigenvalue weighted by Crippen LogP contribution is 2.35. The first-order chi connectivity index (χ1) is 15.5. The van der Waals surface area contributed by atoms with Crippen LogP contribution in [-0.4, -0.2) is 31.3 Å². The first kappa shape index (κ1) is 20.4. The zero-order valence-corrected chi connectivity index (χ0v) is 18.0. The van der Waals surface area contributed by atoms with Gasteiger partial charge in [-0.2, -0.15) is 0 Å². The van der Waals surface area contributed by atoms with Crippen molar-refractivity contribution >= 4 is 28.7 Å². The molecule has 9 nitrogen and oxygen atoms in total. The molecule has 1 atom stereocenters. The molecule has 1 aliphatic carbocycles. The van der Waals surface area contributed by atoms with E-state index in [2.05, 4.69) is 25.6 Å². The quantitative estimate of drug-likeness (QED) is 0.548. The number of anilines is 1. The molecule has 1 aliphatic heterocycles. The van der Waals surface area contributed by atoms with Crippen LogP contribution in [0.2, 0.25) is 0 Å². The van der Waals surface area contributed by atoms with Crippen LogP contribution in [0.4, 0.5) is 5.69 Å². The zero-order valence-electron chi connectivity index (χ0n) is 18.0. The molecule has 1 saturated carbocycles. The average molecular weight is 435 g/mol. The van der Waals surface area contributed by atoms with Crippen molar-refractivity contribution in [1.29, 1.82) is 0 Å². The van der Waals surface area contributed by atoms with E-state index < -0.39 is 0 Å². The minimum atomic E-state index is -0.328. The third kappa shape index (κ3) is 3.90. The monoisotopic (exact) mass is 434 g/mol. The van der Waals surface area contributed by atoms with E-state index in [0.29, 0.717) is 35.9 Å². The molecule has 166 valence electrons. The van der Waals surface area contributed by atoms with Gasteiger partial charge >= 0.3 is 0 Å². The van der Waals surface area contributed by atoms with E-state index in [1.807, 2.05) is 19.1 Å². The second-order valence-electron chi connectivity index (χ2n) is 8.89. The molecule has 1 fully saturated rings. The number of imidazole rings is 1. The molecule has 3 aromatic heterocycles. The fourth-order valence-electron chi connectivity index (χ4n) is 4.60. The largest absolute Gasteiger partial charge is 0.350 e. The van der Waals surface area contributed by atoms with Crippen LogP contribution in [0.25, 0.3) is 11.2 Å². The van der Waals surface area contributed by atoms with E-state index in [4.69, 9.17) is 0 Å². The summed E-state index contributed by atoms with van der Waals surface area (Å²) < 4.78 is 1.41. The van der Waals surface area contributed by atoms with Gasteiger partial charge in [0.2, 0.25) is 11.8 Å². The average Bonchev–Trinajstić information content (AvgIpc) is 3.21. The minimum absolute atomic E-state index is 0.0773. The first-order valence-electron chi connectivity index (χ1n) is 11.1. The van der Waals surface area contributed by atoms with Crippen molar-refractivity contribution in [3.63, 3.8) is 0 Å². The molecule has 2 amide bonds. The molecule has 32 heavy (non-hydrogen) atoms. The Hall–Kier alpha value is -3.49. The Bertz CT molecular complexity index is 1260. The lowest BCUT2D eigenvalue weighted by atomic mass is 9.76. The smallest absolute Gasteiger partial charge is 0.275 e. The number of amides is 2. The summed E-state index contributed by atoms with van der Waals surface area (Å²) in [6, 6.07) is 3.80. The SMILES string of the molecule is Cc1cc2c(c(=O)n1CC(=O)NCc1cnc3nc[nH]c3c1)NC(=O)C(CC1CCC1)C2. The van der Waals surface area contributed by atoms with Gasteiger partial charge in [-0.25, -0.2) is 9.97 Å². The first-order valence-corrected chi connectivity index (χ1v) is 11.1. The standard InChI is InChI=1S/C23H26N6O3/c1-13-5-16-8-17(6-14-3-2-4-14)22(31)28-20(16)23(32)29(13)11-19(30)24-9-15-7-18-21(25-10-15)27-12-26-18/h5,7,10,12,14,17H,2-4,6,8-9,11H2,1H3,(H,24,30)(H,28,31)(H,25,26,27). The molecular formula is C23H26N6O3. The van der Waals surface area contributed by atoms with Crippen molar-refractivity contribution in [1.82, 2.24) is 24.8 Å². The third-order valence-electron chi connectivity index (χ3n) is 6.64. The van der Waals surface area contributed by atoms with Crippen molar-refractivity contribution < 1.29 is 9.59 Å². The Labute approximate surface area is 184 Å². The minimum Gasteiger partial charge on any atom is -0.350 e. The third-order valence-corrected chi connectivity index (χ3v) is 6.64. The summed E-state index contributed by atoms with van der Waals surface area (Å²) in [4.78, 5) is 49.5. The predicted molar refractivity (Wildman–Crippen MR) is 119 cm³/mol. The van der Waals surface area contributed by atoms with E-state index in [0.717, 1.165) is 23.1 Å². The molecule has 0 saturated heterocycles. The highest BCUT2D eigenvalue weighted by Gasteiger charge is 2.32. The lowest BCUT2D eigenvalue weighted by molar-refractivity contribution is -0.122. The Balaban J connectivity index is 1.27. The summed E-state index contributed by atoms with van der Waals surface area (Å²) in [5.41, 5.74) is 3.81. The number of hydrogen-bond acceptors (Lipinski definition) is 5. The topological polar surface area (TPSA) is 122 Å². The highest BCUT2D eigenvalue weighted by atomic mass is 16.2. The van der Waals surface area contributed by atoms with Gasteiger partial charge in [-0.1, -0.05) is 19.3 Å². The fourth-order valence-corrected chi connectivity index (χ4v) is 4.60. The van der Waals surface area contributed by atoms with Gasteiger partial charge in [-0.05, 0) is 48.9 Å². The number of nitrogens with one attached hydrogen (secondary N) is 3. The highest BCUT2D eigenvalue weighted by molar-refractivity contribution is 5.95. The second kappa shape index (κ2) is 8.22. The van der Waals surface area contributed by atoms with Crippen LogP contribution in [0.3, 0.4) is 0 Å². The number of nitrogens with zero attached hydrogens (tertiary/aromatic N) is 3. The maximum absolute atomic E-state index is 13.0. The molecule has 0 radical (unpaired) electrons. The summed E-state index contributed by atoms with van der Waals surface area (Å²) in [6.45, 7) is 2.00. The summed E-state index contributed by atoms with van der Waals surface area (Å²) in [7, 11) is 0. The van der Waals surface area contributed by atoms with E-state index in [1.54, 1.807) is 12.5 Å². The number of carbonyl (C=O) groups excluding carboxylic acids is 2. The molecule has 1 unspecified atom stereocenters. The Morgan fingerprint density at radius 2 is 2.09 bits per heavy atom. The lowest BCUT2D eigenvalue weighted by Gasteiger charge is -2.32. The molecule has 9 heteroatoms. The van der Waals surface area contributed by atoms with Crippen molar-refractivity contribution in [2.24, 2.45) is 11.8 Å². The molecular weight excluding hydrogens is 408 g/mol. The Morgan fingerprint density at radius 3 is 2.88 bits per heavy atom. The molecule has 3 aromatic rings. The number of aromatic amines is 1. The van der Waals surface area contributed by atoms with Crippen LogP contribution < -0.4 is 16.2 Å². The lowest BCUT2D eigenvalue weighted by Crippen LogP contribution is -2.39. The summed E-state index contributed by atoms with van der Waals surface area (Å²) in [6.07, 6.45) is 8.33. The predicted octanol–water partition coefficient (Wildman–Crippen LogP) is 2.05. The van der Waals surface area contributed by atoms with Crippen molar-refractivity contribution in [3.8, 4) is 0 Å². The molecule has 4 heterocycles. The summed E-state index contributed by atoms with van der Waals surface area (Å²) in [5.74, 6) is 0.182. The van der Waals surface area contributed by atoms with Crippen LogP contribution in [-0.2, 0) is 29.1 Å². The molecule has 5 rings (SSSR count). The normalized spacial score (nSPS) is 18.2. The zero-order chi connectivity index (χ0) is 22.2. The van der Waals surface area contributed by atoms with Crippen molar-refractivity contribution in [3.05, 3.63) is 51.8 Å². The van der Waals surface area contributed by atoms with Crippen LogP contribution in [0, 0.1) is 18.8 Å². The molecule has 0 spiro atoms. The van der Waals surface area contributed by atoms with Crippen LogP contribution in [0.5, 0.6) is 0 Å². The van der Waals surface area contributed by atoms with E-state index in [-0.39, 0.29) is 29.8 Å². The van der Waals surface area contributed by atoms with Gasteiger partial charge in [0.25, 0.3) is 5.56 Å². The van der Waals surface area contributed by atoms with E-state index >= 15 is 0 Å². The van der Waals surface area contributed by atoms with Crippen LogP contribution in [0.1, 0.15) is 42.5 Å². The van der Waals surface area contributed by atoms with Gasteiger partial charge in [0.1, 0.15) is 12.2 Å². The number of aromatic nitrogens is 4. The van der Waals surface area contributed by atoms with E-state index in [9.17, 15) is 14.4 Å². The maximum Gasteiger partial charge on any atom is 0.275 e. The van der Waals surface area contributed by atoms with Gasteiger partial charge in [-0.3, -0.25) is 14.4 Å². The van der Waals surface area contributed by atoms with Crippen molar-refractivity contribution in [2.75, 3.05) is 5.32 Å². The van der Waals surface area contributed by atoms with Gasteiger partial charge in [0.05, 0.1) is 11.8 Å². The summed E-state index contributed by atoms with van der Waals surface area (Å²) >= 11 is 0. The van der Waals surface area contributed by atoms with Crippen LogP contribution in [0.15, 0.2) is 29.5 Å². The Morgan fingerprint density at radius 1 is 1.25 bits per heavy atom. The molecule has 2 aliphatic rings. The molecule has 3 N–H and O–H groups in total. The number of H-pyrrole nitrogens is 1. The fraction of sp³-hybridized carbons (Fsp3) is 0.435. The molecule has 0 bridgehead atoms. The van der Waals surface area contributed by atoms with Gasteiger partial charge in [0.15, 0.2) is 5.65 Å².